The molecule has 0 amide bonds. The molecule has 0 spiro atoms. The average Bonchev–Trinajstić information content (AvgIpc) is 3.38. The fraction of sp³-hybridized carbons (Fsp3) is 0.517. The summed E-state index contributed by atoms with van der Waals surface area (Å²) >= 11 is 1.92. The summed E-state index contributed by atoms with van der Waals surface area (Å²) in [6.45, 7) is 10.6. The summed E-state index contributed by atoms with van der Waals surface area (Å²) in [5.41, 5.74) is 2.47. The van der Waals surface area contributed by atoms with Gasteiger partial charge < -0.3 is 9.84 Å². The zero-order valence-corrected chi connectivity index (χ0v) is 20.9. The van der Waals surface area contributed by atoms with Gasteiger partial charge in [0.25, 0.3) is 0 Å². The summed E-state index contributed by atoms with van der Waals surface area (Å²) in [6, 6.07) is 14.4. The van der Waals surface area contributed by atoms with Gasteiger partial charge in [0, 0.05) is 16.7 Å². The topological polar surface area (TPSA) is 32.7 Å². The fourth-order valence-electron chi connectivity index (χ4n) is 5.37. The van der Waals surface area contributed by atoms with Crippen molar-refractivity contribution >= 4 is 17.8 Å². The molecule has 0 aromatic heterocycles. The molecule has 2 atom stereocenters. The minimum atomic E-state index is 0.326. The van der Waals surface area contributed by atoms with Gasteiger partial charge in [0.1, 0.15) is 18.1 Å². The van der Waals surface area contributed by atoms with Gasteiger partial charge in [0.2, 0.25) is 0 Å². The van der Waals surface area contributed by atoms with Crippen LogP contribution in [-0.2, 0) is 0 Å². The molecule has 1 aliphatic carbocycles. The fourth-order valence-corrected chi connectivity index (χ4v) is 6.96. The van der Waals surface area contributed by atoms with E-state index >= 15 is 0 Å². The molecule has 33 heavy (non-hydrogen) atoms. The predicted octanol–water partition coefficient (Wildman–Crippen LogP) is 7.35. The van der Waals surface area contributed by atoms with Crippen molar-refractivity contribution < 1.29 is 9.84 Å². The van der Waals surface area contributed by atoms with Crippen molar-refractivity contribution in [2.75, 3.05) is 26.2 Å². The van der Waals surface area contributed by atoms with Gasteiger partial charge in [-0.2, -0.15) is 0 Å². The lowest BCUT2D eigenvalue weighted by atomic mass is 9.88. The number of phenolic OH excluding ortho intramolecular Hbond substituents is 1. The largest absolute Gasteiger partial charge is 0.508 e. The number of nitrogens with zero attached hydrogens (tertiary/aromatic N) is 1. The molecule has 2 unspecified atom stereocenters. The Labute approximate surface area is 204 Å². The summed E-state index contributed by atoms with van der Waals surface area (Å²) < 4.78 is 6.06. The molecule has 3 nitrogen and oxygen atoms in total. The zero-order chi connectivity index (χ0) is 23.0. The highest BCUT2D eigenvalue weighted by Crippen LogP contribution is 2.45. The minimum absolute atomic E-state index is 0.326. The lowest BCUT2D eigenvalue weighted by molar-refractivity contribution is 0.183. The first-order chi connectivity index (χ1) is 16.1. The van der Waals surface area contributed by atoms with E-state index in [1.165, 1.54) is 63.6 Å². The van der Waals surface area contributed by atoms with Crippen LogP contribution < -0.4 is 4.74 Å². The molecule has 4 rings (SSSR count). The van der Waals surface area contributed by atoms with Gasteiger partial charge in [0.05, 0.1) is 0 Å². The summed E-state index contributed by atoms with van der Waals surface area (Å²) in [4.78, 5) is 3.65. The van der Waals surface area contributed by atoms with Crippen LogP contribution in [0, 0.1) is 5.92 Å². The van der Waals surface area contributed by atoms with E-state index in [2.05, 4.69) is 42.7 Å². The molecule has 1 saturated carbocycles. The summed E-state index contributed by atoms with van der Waals surface area (Å²) in [6.07, 6.45) is 11.2. The maximum Gasteiger partial charge on any atom is 0.119 e. The second kappa shape index (κ2) is 12.0. The summed E-state index contributed by atoms with van der Waals surface area (Å²) in [7, 11) is 0. The van der Waals surface area contributed by atoms with Crippen molar-refractivity contribution in [1.29, 1.82) is 0 Å². The highest BCUT2D eigenvalue weighted by Gasteiger charge is 2.31. The van der Waals surface area contributed by atoms with E-state index in [1.807, 2.05) is 30.0 Å². The molecule has 2 aromatic carbocycles. The number of phenols is 1. The van der Waals surface area contributed by atoms with E-state index < -0.39 is 0 Å². The molecule has 2 fully saturated rings. The highest BCUT2D eigenvalue weighted by molar-refractivity contribution is 8.00. The van der Waals surface area contributed by atoms with Gasteiger partial charge in [-0.1, -0.05) is 57.0 Å². The molecule has 4 heteroatoms. The number of hydrogen-bond acceptors (Lipinski definition) is 4. The first-order valence-corrected chi connectivity index (χ1v) is 13.6. The zero-order valence-electron chi connectivity index (χ0n) is 20.0. The molecular weight excluding hydrogens is 426 g/mol. The van der Waals surface area contributed by atoms with Gasteiger partial charge in [-0.05, 0) is 86.0 Å². The van der Waals surface area contributed by atoms with Crippen molar-refractivity contribution in [3.63, 3.8) is 0 Å². The Morgan fingerprint density at radius 1 is 1.06 bits per heavy atom. The van der Waals surface area contributed by atoms with Crippen LogP contribution in [0.2, 0.25) is 0 Å². The first-order valence-electron chi connectivity index (χ1n) is 12.7. The Morgan fingerprint density at radius 2 is 1.79 bits per heavy atom. The molecule has 0 radical (unpaired) electrons. The van der Waals surface area contributed by atoms with Crippen LogP contribution in [0.25, 0.3) is 6.08 Å². The van der Waals surface area contributed by atoms with E-state index in [0.717, 1.165) is 29.4 Å². The summed E-state index contributed by atoms with van der Waals surface area (Å²) in [5, 5.41) is 10.6. The van der Waals surface area contributed by atoms with Gasteiger partial charge in [-0.25, -0.2) is 0 Å². The molecular formula is C29H39NO2S. The Balaban J connectivity index is 1.42. The van der Waals surface area contributed by atoms with Crippen molar-refractivity contribution in [3.8, 4) is 11.5 Å². The van der Waals surface area contributed by atoms with Crippen LogP contribution in [0.4, 0.5) is 0 Å². The number of ether oxygens (including phenoxy) is 1. The van der Waals surface area contributed by atoms with Crippen LogP contribution in [0.3, 0.4) is 0 Å². The Hall–Kier alpha value is -1.91. The maximum atomic E-state index is 10.1. The Morgan fingerprint density at radius 3 is 2.48 bits per heavy atom. The van der Waals surface area contributed by atoms with Gasteiger partial charge in [-0.3, -0.25) is 4.90 Å². The number of likely N-dealkylation sites (tertiary alicyclic amines) is 1. The van der Waals surface area contributed by atoms with Gasteiger partial charge in [-0.15, -0.1) is 11.8 Å². The van der Waals surface area contributed by atoms with E-state index in [4.69, 9.17) is 4.74 Å². The number of aromatic hydroxyl groups is 1. The SMILES string of the molecule is C=Cc1ccc(O)cc1SC(C1CCCC1)C(C)c1ccc(OCCN2CCCCC2)cc1. The smallest absolute Gasteiger partial charge is 0.119 e. The molecule has 1 aliphatic heterocycles. The first kappa shape index (κ1) is 24.2. The standard InChI is InChI=1S/C29H39NO2S/c1-3-23-11-14-26(31)21-28(23)33-29(25-9-5-6-10-25)22(2)24-12-15-27(16-13-24)32-20-19-30-17-7-4-8-18-30/h3,11-16,21-22,25,29,31H,1,4-10,17-20H2,2H3. The third-order valence-electron chi connectivity index (χ3n) is 7.37. The van der Waals surface area contributed by atoms with Crippen LogP contribution in [-0.4, -0.2) is 41.5 Å². The van der Waals surface area contributed by atoms with Crippen LogP contribution >= 0.6 is 11.8 Å². The molecule has 1 N–H and O–H groups in total. The quantitative estimate of drug-likeness (QED) is 0.372. The number of piperidine rings is 1. The van der Waals surface area contributed by atoms with Crippen molar-refractivity contribution in [2.45, 2.75) is 67.9 Å². The van der Waals surface area contributed by atoms with Crippen molar-refractivity contribution in [1.82, 2.24) is 4.90 Å². The van der Waals surface area contributed by atoms with Crippen molar-refractivity contribution in [2.24, 2.45) is 5.92 Å². The van der Waals surface area contributed by atoms with E-state index in [9.17, 15) is 5.11 Å². The third-order valence-corrected chi connectivity index (χ3v) is 9.04. The molecule has 2 aromatic rings. The maximum absolute atomic E-state index is 10.1. The number of benzene rings is 2. The second-order valence-electron chi connectivity index (χ2n) is 9.66. The molecule has 2 aliphatic rings. The number of rotatable bonds is 10. The third kappa shape index (κ3) is 6.58. The average molecular weight is 466 g/mol. The Kier molecular flexibility index (Phi) is 8.80. The van der Waals surface area contributed by atoms with Gasteiger partial charge in [0.15, 0.2) is 0 Å². The molecule has 0 bridgehead atoms. The Bertz CT molecular complexity index is 885. The predicted molar refractivity (Wildman–Crippen MR) is 140 cm³/mol. The minimum Gasteiger partial charge on any atom is -0.508 e. The summed E-state index contributed by atoms with van der Waals surface area (Å²) in [5.74, 6) is 2.41. The molecule has 178 valence electrons. The van der Waals surface area contributed by atoms with Crippen LogP contribution in [0.15, 0.2) is 53.9 Å². The normalized spacial score (nSPS) is 19.3. The van der Waals surface area contributed by atoms with Gasteiger partial charge >= 0.3 is 0 Å². The van der Waals surface area contributed by atoms with Crippen molar-refractivity contribution in [3.05, 3.63) is 60.2 Å². The van der Waals surface area contributed by atoms with Crippen LogP contribution in [0.5, 0.6) is 11.5 Å². The monoisotopic (exact) mass is 465 g/mol. The lowest BCUT2D eigenvalue weighted by Crippen LogP contribution is -2.33. The highest BCUT2D eigenvalue weighted by atomic mass is 32.2. The van der Waals surface area contributed by atoms with Crippen LogP contribution in [0.1, 0.15) is 68.9 Å². The van der Waals surface area contributed by atoms with E-state index in [0.29, 0.717) is 22.8 Å². The molecule has 1 heterocycles. The lowest BCUT2D eigenvalue weighted by Gasteiger charge is -2.30. The second-order valence-corrected chi connectivity index (χ2v) is 10.9. The number of hydrogen-bond donors (Lipinski definition) is 1. The van der Waals surface area contributed by atoms with E-state index in [-0.39, 0.29) is 0 Å². The van der Waals surface area contributed by atoms with E-state index in [1.54, 1.807) is 6.07 Å². The number of thioether (sulfide) groups is 1. The molecule has 1 saturated heterocycles.